The first-order chi connectivity index (χ1) is 13.2. The van der Waals surface area contributed by atoms with E-state index in [1.54, 1.807) is 12.1 Å². The summed E-state index contributed by atoms with van der Waals surface area (Å²) in [4.78, 5) is 12.7. The molecular weight excluding hydrogens is 399 g/mol. The third kappa shape index (κ3) is 5.38. The van der Waals surface area contributed by atoms with Gasteiger partial charge in [0.05, 0.1) is 24.7 Å². The van der Waals surface area contributed by atoms with Crippen LogP contribution in [0.4, 0.5) is 15.8 Å². The van der Waals surface area contributed by atoms with E-state index >= 15 is 0 Å². The molecule has 0 heterocycles. The van der Waals surface area contributed by atoms with Gasteiger partial charge in [-0.25, -0.2) is 12.8 Å². The van der Waals surface area contributed by atoms with Gasteiger partial charge in [-0.15, -0.1) is 0 Å². The minimum atomic E-state index is -3.61. The van der Waals surface area contributed by atoms with Crippen molar-refractivity contribution in [2.75, 3.05) is 23.4 Å². The Morgan fingerprint density at radius 2 is 1.72 bits per heavy atom. The highest BCUT2D eigenvalue weighted by molar-refractivity contribution is 7.92. The molecular formula is C20H25FN2O5S. The second-order valence-corrected chi connectivity index (χ2v) is 9.53. The van der Waals surface area contributed by atoms with Crippen LogP contribution in [0.25, 0.3) is 0 Å². The third-order valence-electron chi connectivity index (χ3n) is 4.28. The number of halogens is 1. The number of carbonyl (C=O) groups excluding carboxylic acids is 1. The SMILES string of the molecule is COc1c(NC(=O)c2cc(O)c(C)c(F)c2)cc(C(C)(C)C)cc1NS(C)(=O)=O. The molecule has 2 rings (SSSR count). The van der Waals surface area contributed by atoms with Gasteiger partial charge in [-0.3, -0.25) is 9.52 Å². The summed E-state index contributed by atoms with van der Waals surface area (Å²) in [7, 11) is -2.27. The van der Waals surface area contributed by atoms with E-state index in [1.807, 2.05) is 20.8 Å². The molecule has 3 N–H and O–H groups in total. The number of sulfonamides is 1. The van der Waals surface area contributed by atoms with Gasteiger partial charge in [0.2, 0.25) is 10.0 Å². The lowest BCUT2D eigenvalue weighted by Gasteiger charge is -2.24. The van der Waals surface area contributed by atoms with Gasteiger partial charge in [0.15, 0.2) is 5.75 Å². The molecule has 0 spiro atoms. The largest absolute Gasteiger partial charge is 0.508 e. The van der Waals surface area contributed by atoms with Crippen molar-refractivity contribution >= 4 is 27.3 Å². The quantitative estimate of drug-likeness (QED) is 0.678. The standard InChI is InChI=1S/C20H25FN2O5S/c1-11-14(21)7-12(8-17(11)24)19(25)22-15-9-13(20(2,3)4)10-16(18(15)28-5)23-29(6,26)27/h7-10,23-24H,1-6H3,(H,22,25). The lowest BCUT2D eigenvalue weighted by molar-refractivity contribution is 0.102. The summed E-state index contributed by atoms with van der Waals surface area (Å²) in [6.07, 6.45) is 1.01. The Morgan fingerprint density at radius 1 is 1.14 bits per heavy atom. The third-order valence-corrected chi connectivity index (χ3v) is 4.87. The van der Waals surface area contributed by atoms with Gasteiger partial charge in [0.25, 0.3) is 5.91 Å². The Bertz CT molecular complexity index is 1040. The summed E-state index contributed by atoms with van der Waals surface area (Å²) in [5, 5.41) is 12.4. The maximum atomic E-state index is 13.9. The summed E-state index contributed by atoms with van der Waals surface area (Å²) in [6, 6.07) is 5.46. The summed E-state index contributed by atoms with van der Waals surface area (Å²) >= 11 is 0. The van der Waals surface area contributed by atoms with Crippen LogP contribution >= 0.6 is 0 Å². The lowest BCUT2D eigenvalue weighted by Crippen LogP contribution is -2.18. The van der Waals surface area contributed by atoms with Crippen LogP contribution in [0.15, 0.2) is 24.3 Å². The van der Waals surface area contributed by atoms with Gasteiger partial charge in [-0.05, 0) is 42.2 Å². The topological polar surface area (TPSA) is 105 Å². The Balaban J connectivity index is 2.58. The van der Waals surface area contributed by atoms with E-state index in [4.69, 9.17) is 4.74 Å². The first kappa shape index (κ1) is 22.5. The maximum absolute atomic E-state index is 13.9. The van der Waals surface area contributed by atoms with Crippen LogP contribution in [-0.4, -0.2) is 32.8 Å². The van der Waals surface area contributed by atoms with E-state index < -0.39 is 21.7 Å². The molecule has 0 unspecified atom stereocenters. The number of hydrogen-bond acceptors (Lipinski definition) is 5. The van der Waals surface area contributed by atoms with Crippen molar-refractivity contribution in [3.63, 3.8) is 0 Å². The van der Waals surface area contributed by atoms with Gasteiger partial charge >= 0.3 is 0 Å². The molecule has 0 aromatic heterocycles. The van der Waals surface area contributed by atoms with E-state index in [1.165, 1.54) is 14.0 Å². The van der Waals surface area contributed by atoms with Crippen molar-refractivity contribution in [2.45, 2.75) is 33.1 Å². The minimum Gasteiger partial charge on any atom is -0.508 e. The number of anilines is 2. The van der Waals surface area contributed by atoms with Crippen molar-refractivity contribution < 1.29 is 27.4 Å². The Morgan fingerprint density at radius 3 is 2.21 bits per heavy atom. The zero-order valence-electron chi connectivity index (χ0n) is 17.2. The van der Waals surface area contributed by atoms with Crippen LogP contribution in [0.3, 0.4) is 0 Å². The molecule has 29 heavy (non-hydrogen) atoms. The lowest BCUT2D eigenvalue weighted by atomic mass is 9.86. The molecule has 158 valence electrons. The van der Waals surface area contributed by atoms with Crippen LogP contribution in [0, 0.1) is 12.7 Å². The number of amides is 1. The van der Waals surface area contributed by atoms with Crippen LogP contribution < -0.4 is 14.8 Å². The molecule has 2 aromatic rings. The number of methoxy groups -OCH3 is 1. The smallest absolute Gasteiger partial charge is 0.256 e. The molecule has 0 bridgehead atoms. The van der Waals surface area contributed by atoms with Gasteiger partial charge in [-0.1, -0.05) is 20.8 Å². The number of rotatable bonds is 5. The minimum absolute atomic E-state index is 0.0356. The fraction of sp³-hybridized carbons (Fsp3) is 0.350. The van der Waals surface area contributed by atoms with Crippen molar-refractivity contribution in [2.24, 2.45) is 0 Å². The number of phenols is 1. The highest BCUT2D eigenvalue weighted by Gasteiger charge is 2.23. The molecule has 0 saturated carbocycles. The van der Waals surface area contributed by atoms with E-state index in [9.17, 15) is 22.7 Å². The van der Waals surface area contributed by atoms with E-state index in [2.05, 4.69) is 10.0 Å². The zero-order valence-corrected chi connectivity index (χ0v) is 18.0. The molecule has 0 saturated heterocycles. The Hall–Kier alpha value is -2.81. The summed E-state index contributed by atoms with van der Waals surface area (Å²) in [6.45, 7) is 7.18. The van der Waals surface area contributed by atoms with Crippen LogP contribution in [-0.2, 0) is 15.4 Å². The van der Waals surface area contributed by atoms with Crippen LogP contribution in [0.5, 0.6) is 11.5 Å². The number of nitrogens with one attached hydrogen (secondary N) is 2. The van der Waals surface area contributed by atoms with Gasteiger partial charge in [0, 0.05) is 11.1 Å². The predicted octanol–water partition coefficient (Wildman–Crippen LogP) is 3.77. The maximum Gasteiger partial charge on any atom is 0.256 e. The highest BCUT2D eigenvalue weighted by atomic mass is 32.2. The molecule has 0 radical (unpaired) electrons. The number of hydrogen-bond donors (Lipinski definition) is 3. The highest BCUT2D eigenvalue weighted by Crippen LogP contribution is 2.39. The molecule has 0 atom stereocenters. The number of ether oxygens (including phenoxy) is 1. The second kappa shape index (κ2) is 7.90. The molecule has 0 fully saturated rings. The fourth-order valence-electron chi connectivity index (χ4n) is 2.64. The Labute approximate surface area is 170 Å². The fourth-order valence-corrected chi connectivity index (χ4v) is 3.19. The van der Waals surface area contributed by atoms with Gasteiger partial charge in [0.1, 0.15) is 11.6 Å². The van der Waals surface area contributed by atoms with Crippen LogP contribution in [0.1, 0.15) is 42.3 Å². The van der Waals surface area contributed by atoms with Crippen molar-refractivity contribution in [1.82, 2.24) is 0 Å². The second-order valence-electron chi connectivity index (χ2n) is 7.79. The van der Waals surface area contributed by atoms with E-state index in [0.29, 0.717) is 0 Å². The Kier molecular flexibility index (Phi) is 6.13. The molecule has 9 heteroatoms. The average Bonchev–Trinajstić information content (AvgIpc) is 2.56. The normalized spacial score (nSPS) is 11.8. The number of phenolic OH excluding ortho intramolecular Hbond substituents is 1. The molecule has 0 aliphatic heterocycles. The monoisotopic (exact) mass is 424 g/mol. The molecule has 2 aromatic carbocycles. The number of aromatic hydroxyl groups is 1. The molecule has 7 nitrogen and oxygen atoms in total. The van der Waals surface area contributed by atoms with Crippen molar-refractivity contribution in [3.05, 3.63) is 46.8 Å². The zero-order chi connectivity index (χ0) is 22.1. The summed E-state index contributed by atoms with van der Waals surface area (Å²) in [5.41, 5.74) is 0.679. The number of benzene rings is 2. The van der Waals surface area contributed by atoms with E-state index in [-0.39, 0.29) is 39.4 Å². The summed E-state index contributed by atoms with van der Waals surface area (Å²) in [5.74, 6) is -1.64. The van der Waals surface area contributed by atoms with Crippen LogP contribution in [0.2, 0.25) is 0 Å². The van der Waals surface area contributed by atoms with E-state index in [0.717, 1.165) is 24.0 Å². The first-order valence-corrected chi connectivity index (χ1v) is 10.6. The predicted molar refractivity (Wildman–Crippen MR) is 111 cm³/mol. The molecule has 0 aliphatic carbocycles. The average molecular weight is 424 g/mol. The first-order valence-electron chi connectivity index (χ1n) is 8.73. The molecule has 0 aliphatic rings. The summed E-state index contributed by atoms with van der Waals surface area (Å²) < 4.78 is 45.2. The van der Waals surface area contributed by atoms with Gasteiger partial charge < -0.3 is 15.2 Å². The van der Waals surface area contributed by atoms with Gasteiger partial charge in [-0.2, -0.15) is 0 Å². The van der Waals surface area contributed by atoms with Crippen molar-refractivity contribution in [3.8, 4) is 11.5 Å². The number of carbonyl (C=O) groups is 1. The van der Waals surface area contributed by atoms with Crippen molar-refractivity contribution in [1.29, 1.82) is 0 Å². The molecule has 1 amide bonds.